The topological polar surface area (TPSA) is 105 Å². The summed E-state index contributed by atoms with van der Waals surface area (Å²) < 4.78 is 56.1. The zero-order valence-corrected chi connectivity index (χ0v) is 23.9. The smallest absolute Gasteiger partial charge is 0.429 e. The minimum Gasteiger partial charge on any atom is -0.465 e. The van der Waals surface area contributed by atoms with Crippen LogP contribution in [0.5, 0.6) is 5.88 Å². The monoisotopic (exact) mass is 595 g/mol. The van der Waals surface area contributed by atoms with Crippen molar-refractivity contribution in [1.82, 2.24) is 19.7 Å². The molecule has 0 radical (unpaired) electrons. The van der Waals surface area contributed by atoms with Crippen LogP contribution in [-0.4, -0.2) is 44.5 Å². The zero-order valence-electron chi connectivity index (χ0n) is 23.1. The second kappa shape index (κ2) is 11.9. The average Bonchev–Trinajstić information content (AvgIpc) is 3.59. The maximum Gasteiger partial charge on any atom is 0.429 e. The lowest BCUT2D eigenvalue weighted by Gasteiger charge is -2.24. The summed E-state index contributed by atoms with van der Waals surface area (Å²) in [4.78, 5) is 20.3. The van der Waals surface area contributed by atoms with E-state index in [2.05, 4.69) is 15.1 Å². The van der Waals surface area contributed by atoms with Gasteiger partial charge in [0, 0.05) is 22.7 Å². The molecular weight excluding hydrogens is 567 g/mol. The average molecular weight is 596 g/mol. The highest BCUT2D eigenvalue weighted by molar-refractivity contribution is 7.18. The molecule has 2 atom stereocenters. The fraction of sp³-hybridized carbons (Fsp3) is 0.267. The van der Waals surface area contributed by atoms with Crippen molar-refractivity contribution < 1.29 is 27.4 Å². The van der Waals surface area contributed by atoms with Crippen LogP contribution in [0.3, 0.4) is 0 Å². The summed E-state index contributed by atoms with van der Waals surface area (Å²) in [5.74, 6) is -0.636. The van der Waals surface area contributed by atoms with Gasteiger partial charge in [0.25, 0.3) is 0 Å². The van der Waals surface area contributed by atoms with Gasteiger partial charge in [-0.15, -0.1) is 11.3 Å². The third kappa shape index (κ3) is 6.14. The highest BCUT2D eigenvalue weighted by Gasteiger charge is 2.45. The number of carbonyl (C=O) groups excluding carboxylic acids is 1. The summed E-state index contributed by atoms with van der Waals surface area (Å²) in [5, 5.41) is 6.12. The predicted molar refractivity (Wildman–Crippen MR) is 154 cm³/mol. The molecule has 2 N–H and O–H groups in total. The van der Waals surface area contributed by atoms with Gasteiger partial charge in [-0.25, -0.2) is 14.6 Å². The Morgan fingerprint density at radius 1 is 1.10 bits per heavy atom. The van der Waals surface area contributed by atoms with Crippen molar-refractivity contribution in [2.75, 3.05) is 6.61 Å². The summed E-state index contributed by atoms with van der Waals surface area (Å²) in [6.07, 6.45) is -3.93. The van der Waals surface area contributed by atoms with E-state index >= 15 is 0 Å². The summed E-state index contributed by atoms with van der Waals surface area (Å²) >= 11 is 1.20. The van der Waals surface area contributed by atoms with E-state index in [0.29, 0.717) is 22.3 Å². The number of thiophene rings is 1. The maximum atomic E-state index is 14.6. The number of halogens is 3. The molecule has 0 aliphatic heterocycles. The van der Waals surface area contributed by atoms with Gasteiger partial charge in [0.1, 0.15) is 17.1 Å². The minimum atomic E-state index is -4.75. The first-order valence-electron chi connectivity index (χ1n) is 13.2. The van der Waals surface area contributed by atoms with Gasteiger partial charge in [0.05, 0.1) is 23.5 Å². The molecule has 5 aromatic rings. The number of fused-ring (bicyclic) bond motifs is 1. The molecule has 0 bridgehead atoms. The van der Waals surface area contributed by atoms with Gasteiger partial charge in [0.15, 0.2) is 0 Å². The van der Waals surface area contributed by atoms with E-state index in [1.807, 2.05) is 24.3 Å². The van der Waals surface area contributed by atoms with E-state index in [0.717, 1.165) is 22.3 Å². The third-order valence-electron chi connectivity index (χ3n) is 6.60. The van der Waals surface area contributed by atoms with Gasteiger partial charge >= 0.3 is 12.1 Å². The molecule has 0 fully saturated rings. The van der Waals surface area contributed by atoms with Crippen molar-refractivity contribution in [3.05, 3.63) is 88.8 Å². The van der Waals surface area contributed by atoms with Crippen LogP contribution >= 0.6 is 11.3 Å². The maximum absolute atomic E-state index is 14.6. The van der Waals surface area contributed by atoms with E-state index in [-0.39, 0.29) is 23.7 Å². The van der Waals surface area contributed by atoms with Crippen molar-refractivity contribution in [2.24, 2.45) is 5.73 Å². The Bertz CT molecular complexity index is 1720. The second-order valence-corrected chi connectivity index (χ2v) is 10.6. The van der Waals surface area contributed by atoms with Crippen molar-refractivity contribution in [3.63, 3.8) is 0 Å². The highest BCUT2D eigenvalue weighted by atomic mass is 32.1. The summed E-state index contributed by atoms with van der Waals surface area (Å²) in [7, 11) is 0. The van der Waals surface area contributed by atoms with Gasteiger partial charge in [0.2, 0.25) is 12.0 Å². The number of esters is 1. The fourth-order valence-corrected chi connectivity index (χ4v) is 5.53. The normalized spacial score (nSPS) is 13.2. The molecule has 0 amide bonds. The molecule has 0 saturated heterocycles. The van der Waals surface area contributed by atoms with Crippen molar-refractivity contribution in [3.8, 4) is 22.7 Å². The zero-order chi connectivity index (χ0) is 30.0. The van der Waals surface area contributed by atoms with Crippen LogP contribution in [-0.2, 0) is 16.0 Å². The van der Waals surface area contributed by atoms with Crippen LogP contribution in [0.25, 0.3) is 27.0 Å². The van der Waals surface area contributed by atoms with E-state index in [1.54, 1.807) is 50.5 Å². The van der Waals surface area contributed by atoms with E-state index in [4.69, 9.17) is 15.2 Å². The molecule has 0 spiro atoms. The molecule has 3 aromatic heterocycles. The molecule has 2 aromatic carbocycles. The largest absolute Gasteiger partial charge is 0.465 e. The molecular formula is C30H28F3N5O3S. The lowest BCUT2D eigenvalue weighted by Crippen LogP contribution is -2.34. The van der Waals surface area contributed by atoms with E-state index in [1.165, 1.54) is 28.4 Å². The van der Waals surface area contributed by atoms with E-state index in [9.17, 15) is 18.0 Å². The molecule has 42 heavy (non-hydrogen) atoms. The quantitative estimate of drug-likeness (QED) is 0.200. The van der Waals surface area contributed by atoms with Crippen molar-refractivity contribution in [2.45, 2.75) is 45.5 Å². The Balaban J connectivity index is 1.47. The lowest BCUT2D eigenvalue weighted by atomic mass is 10.0. The second-order valence-electron chi connectivity index (χ2n) is 9.77. The predicted octanol–water partition coefficient (Wildman–Crippen LogP) is 6.28. The first kappa shape index (κ1) is 29.2. The molecule has 8 nitrogen and oxygen atoms in total. The first-order chi connectivity index (χ1) is 20.0. The number of aromatic nitrogens is 4. The molecule has 12 heteroatoms. The minimum absolute atomic E-state index is 0.0867. The molecule has 0 aliphatic carbocycles. The standard InChI is InChI=1S/C30H28F3N5O3S/c1-4-40-29(39)23(34)14-19-6-8-20(9-7-19)22-15-42-26-25(22)35-16-36-28(26)41-27(30(31,32)33)21-10-5-17(2)13-24(21)38-12-11-18(3)37-38/h5-13,15-16,23,27H,4,14,34H2,1-3H3. The number of aryl methyl sites for hydroxylation is 2. The van der Waals surface area contributed by atoms with Crippen molar-refractivity contribution >= 4 is 27.5 Å². The van der Waals surface area contributed by atoms with Gasteiger partial charge in [-0.3, -0.25) is 4.79 Å². The van der Waals surface area contributed by atoms with Crippen LogP contribution in [0.4, 0.5) is 13.2 Å². The Morgan fingerprint density at radius 2 is 1.86 bits per heavy atom. The van der Waals surface area contributed by atoms with Crippen LogP contribution < -0.4 is 10.5 Å². The number of hydrogen-bond donors (Lipinski definition) is 1. The number of nitrogens with zero attached hydrogens (tertiary/aromatic N) is 4. The number of rotatable bonds is 9. The summed E-state index contributed by atoms with van der Waals surface area (Å²) in [5.41, 5.74) is 10.4. The first-order valence-corrected chi connectivity index (χ1v) is 14.0. The van der Waals surface area contributed by atoms with Gasteiger partial charge in [-0.1, -0.05) is 36.4 Å². The molecule has 0 saturated carbocycles. The van der Waals surface area contributed by atoms with E-state index < -0.39 is 24.3 Å². The fourth-order valence-electron chi connectivity index (χ4n) is 4.57. The van der Waals surface area contributed by atoms with Crippen LogP contribution in [0.2, 0.25) is 0 Å². The number of benzene rings is 2. The Hall–Kier alpha value is -4.29. The Labute approximate surface area is 243 Å². The number of nitrogens with two attached hydrogens (primary N) is 1. The Morgan fingerprint density at radius 3 is 2.52 bits per heavy atom. The lowest BCUT2D eigenvalue weighted by molar-refractivity contribution is -0.198. The Kier molecular flexibility index (Phi) is 8.28. The molecule has 0 aliphatic rings. The van der Waals surface area contributed by atoms with Crippen LogP contribution in [0.15, 0.2) is 66.4 Å². The van der Waals surface area contributed by atoms with Crippen LogP contribution in [0.1, 0.15) is 35.4 Å². The van der Waals surface area contributed by atoms with Crippen LogP contribution in [0, 0.1) is 13.8 Å². The number of hydrogen-bond acceptors (Lipinski definition) is 8. The summed E-state index contributed by atoms with van der Waals surface area (Å²) in [6.45, 7) is 5.54. The molecule has 5 rings (SSSR count). The summed E-state index contributed by atoms with van der Waals surface area (Å²) in [6, 6.07) is 13.0. The SMILES string of the molecule is CCOC(=O)C(N)Cc1ccc(-c2csc3c(OC(c4ccc(C)cc4-n4ccc(C)n4)C(F)(F)F)ncnc23)cc1. The molecule has 3 heterocycles. The molecule has 2 unspecified atom stereocenters. The number of carbonyl (C=O) groups is 1. The van der Waals surface area contributed by atoms with Gasteiger partial charge < -0.3 is 15.2 Å². The van der Waals surface area contributed by atoms with Crippen molar-refractivity contribution in [1.29, 1.82) is 0 Å². The molecule has 218 valence electrons. The van der Waals surface area contributed by atoms with Gasteiger partial charge in [-0.05, 0) is 56.0 Å². The third-order valence-corrected chi connectivity index (χ3v) is 7.55. The number of ether oxygens (including phenoxy) is 2. The number of alkyl halides is 3. The highest BCUT2D eigenvalue weighted by Crippen LogP contribution is 2.43. The van der Waals surface area contributed by atoms with Gasteiger partial charge in [-0.2, -0.15) is 18.3 Å².